The number of hydrogen-bond donors (Lipinski definition) is 2. The summed E-state index contributed by atoms with van der Waals surface area (Å²) in [5.74, 6) is -81.4. The third-order valence-corrected chi connectivity index (χ3v) is 5.03. The first-order valence-corrected chi connectivity index (χ1v) is 9.34. The molecule has 41 heavy (non-hydrogen) atoms. The molecule has 3 nitrogen and oxygen atoms in total. The van der Waals surface area contributed by atoms with E-state index >= 15 is 0 Å². The quantitative estimate of drug-likeness (QED) is 0.172. The van der Waals surface area contributed by atoms with Crippen LogP contribution in [0.3, 0.4) is 0 Å². The lowest BCUT2D eigenvalue weighted by molar-refractivity contribution is -0.481. The van der Waals surface area contributed by atoms with Crippen LogP contribution in [0.25, 0.3) is 0 Å². The molecule has 0 aromatic heterocycles. The Morgan fingerprint density at radius 2 is 0.512 bits per heavy atom. The molecule has 2 N–H and O–H groups in total. The lowest BCUT2D eigenvalue weighted by Crippen LogP contribution is -2.78. The highest BCUT2D eigenvalue weighted by Crippen LogP contribution is 2.67. The first-order chi connectivity index (χ1) is 17.5. The summed E-state index contributed by atoms with van der Waals surface area (Å²) in [6, 6.07) is -7.08. The van der Waals surface area contributed by atoms with Gasteiger partial charge in [0.1, 0.15) is 0 Å². The molecule has 0 saturated heterocycles. The largest absolute Gasteiger partial charge is 0.460 e. The Balaban J connectivity index is 7.25. The molecule has 0 atom stereocenters. The van der Waals surface area contributed by atoms with E-state index in [0.29, 0.717) is 0 Å². The van der Waals surface area contributed by atoms with Crippen LogP contribution in [0.2, 0.25) is 0 Å². The van der Waals surface area contributed by atoms with Gasteiger partial charge in [-0.25, -0.2) is 4.90 Å². The molecule has 0 spiro atoms. The topological polar surface area (TPSA) is 43.7 Å². The second kappa shape index (κ2) is 10.5. The zero-order valence-electron chi connectivity index (χ0n) is 18.4. The third-order valence-electron chi connectivity index (χ3n) is 5.03. The van der Waals surface area contributed by atoms with Crippen LogP contribution >= 0.6 is 0 Å². The summed E-state index contributed by atoms with van der Waals surface area (Å²) in [5, 5.41) is 16.9. The van der Waals surface area contributed by atoms with Crippen LogP contribution in [0.15, 0.2) is 0 Å². The molecule has 0 amide bonds. The molecule has 0 radical (unpaired) electrons. The van der Waals surface area contributed by atoms with Gasteiger partial charge in [0.2, 0.25) is 0 Å². The molecule has 0 rings (SSSR count). The number of halogens is 23. The smallest absolute Gasteiger partial charge is 0.395 e. The van der Waals surface area contributed by atoms with Crippen molar-refractivity contribution in [2.75, 3.05) is 26.3 Å². The van der Waals surface area contributed by atoms with Crippen LogP contribution in [-0.2, 0) is 0 Å². The average molecular weight is 673 g/mol. The first kappa shape index (κ1) is 39.3. The summed E-state index contributed by atoms with van der Waals surface area (Å²) in [7, 11) is 0. The lowest BCUT2D eigenvalue weighted by Gasteiger charge is -2.46. The van der Waals surface area contributed by atoms with Gasteiger partial charge in [-0.3, -0.25) is 0 Å². The van der Waals surface area contributed by atoms with Gasteiger partial charge in [0.15, 0.2) is 0 Å². The van der Waals surface area contributed by atoms with Gasteiger partial charge in [0.05, 0.1) is 13.2 Å². The molecule has 0 bridgehead atoms. The van der Waals surface area contributed by atoms with E-state index in [1.807, 2.05) is 0 Å². The van der Waals surface area contributed by atoms with Crippen LogP contribution in [-0.4, -0.2) is 107 Å². The monoisotopic (exact) mass is 673 g/mol. The number of alkyl halides is 23. The van der Waals surface area contributed by atoms with Gasteiger partial charge in [-0.1, -0.05) is 0 Å². The van der Waals surface area contributed by atoms with Crippen molar-refractivity contribution in [1.29, 1.82) is 0 Å². The van der Waals surface area contributed by atoms with Gasteiger partial charge in [-0.15, -0.1) is 0 Å². The second-order valence-electron chi connectivity index (χ2n) is 7.64. The highest BCUT2D eigenvalue weighted by atomic mass is 19.4. The molecule has 248 valence electrons. The summed E-state index contributed by atoms with van der Waals surface area (Å²) in [6.45, 7) is -7.74. The fraction of sp³-hybridized carbons (Fsp3) is 1.00. The average Bonchev–Trinajstić information content (AvgIpc) is 2.76. The van der Waals surface area contributed by atoms with E-state index in [1.165, 1.54) is 0 Å². The maximum Gasteiger partial charge on any atom is 0.460 e. The first-order valence-electron chi connectivity index (χ1n) is 9.34. The molecule has 0 fully saturated rings. The number of rotatable bonds is 14. The van der Waals surface area contributed by atoms with E-state index in [2.05, 4.69) is 0 Å². The standard InChI is InChI=1S/C15H10F23NO2/c16-5(17,6(18,19)8(22,23)10(26,27)12(30,31)14(34,35)36)7(20,21)9(24,25)11(28,29)13(32,33)15(37,38)39(1-3-40)2-4-41/h40-41H,1-4H2. The van der Waals surface area contributed by atoms with Crippen LogP contribution in [0.4, 0.5) is 101 Å². The van der Waals surface area contributed by atoms with Crippen molar-refractivity contribution >= 4 is 0 Å². The molecule has 0 aromatic carbocycles. The van der Waals surface area contributed by atoms with Crippen molar-refractivity contribution in [3.8, 4) is 0 Å². The minimum atomic E-state index is -9.46. The van der Waals surface area contributed by atoms with E-state index in [1.54, 1.807) is 0 Å². The fourth-order valence-electron chi connectivity index (χ4n) is 2.58. The van der Waals surface area contributed by atoms with Crippen LogP contribution in [0.5, 0.6) is 0 Å². The molecule has 0 heterocycles. The highest BCUT2D eigenvalue weighted by Gasteiger charge is 2.99. The summed E-state index contributed by atoms with van der Waals surface area (Å²) in [4.78, 5) is -1.60. The Labute approximate surface area is 209 Å². The van der Waals surface area contributed by atoms with Crippen molar-refractivity contribution in [3.63, 3.8) is 0 Å². The maximum atomic E-state index is 13.9. The van der Waals surface area contributed by atoms with Gasteiger partial charge in [0.25, 0.3) is 0 Å². The second-order valence-corrected chi connectivity index (χ2v) is 7.64. The van der Waals surface area contributed by atoms with Gasteiger partial charge in [-0.05, 0) is 0 Å². The summed E-state index contributed by atoms with van der Waals surface area (Å²) in [5.41, 5.74) is 0. The fourth-order valence-corrected chi connectivity index (χ4v) is 2.58. The third kappa shape index (κ3) is 5.01. The minimum Gasteiger partial charge on any atom is -0.395 e. The van der Waals surface area contributed by atoms with Gasteiger partial charge >= 0.3 is 65.5 Å². The Morgan fingerprint density at radius 1 is 0.317 bits per heavy atom. The van der Waals surface area contributed by atoms with Crippen LogP contribution in [0.1, 0.15) is 0 Å². The van der Waals surface area contributed by atoms with Gasteiger partial charge in [-0.2, -0.15) is 101 Å². The highest BCUT2D eigenvalue weighted by molar-refractivity contribution is 5.18. The summed E-state index contributed by atoms with van der Waals surface area (Å²) < 4.78 is 307. The molecule has 0 unspecified atom stereocenters. The Morgan fingerprint density at radius 3 is 0.707 bits per heavy atom. The number of hydrogen-bond acceptors (Lipinski definition) is 3. The predicted octanol–water partition coefficient (Wildman–Crippen LogP) is 6.15. The van der Waals surface area contributed by atoms with Gasteiger partial charge < -0.3 is 10.2 Å². The molecule has 26 heteroatoms. The van der Waals surface area contributed by atoms with Crippen molar-refractivity contribution < 1.29 is 111 Å². The molecular formula is C15H10F23NO2. The van der Waals surface area contributed by atoms with E-state index in [0.717, 1.165) is 0 Å². The SMILES string of the molecule is OCCN(CCO)C(F)(F)C(F)(F)C(F)(F)C(F)(F)C(F)(F)C(F)(F)C(F)(F)C(F)(F)C(F)(F)C(F)(F)C(F)(F)F. The molecule has 0 saturated carbocycles. The van der Waals surface area contributed by atoms with Crippen LogP contribution in [0, 0.1) is 0 Å². The molecule has 0 aliphatic carbocycles. The lowest BCUT2D eigenvalue weighted by atomic mass is 9.86. The van der Waals surface area contributed by atoms with Crippen LogP contribution < -0.4 is 0 Å². The predicted molar refractivity (Wildman–Crippen MR) is 81.3 cm³/mol. The van der Waals surface area contributed by atoms with Gasteiger partial charge in [0, 0.05) is 13.1 Å². The molecule has 0 aliphatic rings. The number of aliphatic hydroxyl groups is 2. The normalized spacial score (nSPS) is 16.5. The summed E-state index contributed by atoms with van der Waals surface area (Å²) >= 11 is 0. The Kier molecular flexibility index (Phi) is 10.0. The van der Waals surface area contributed by atoms with E-state index in [9.17, 15) is 101 Å². The Hall–Kier alpha value is -1.73. The van der Waals surface area contributed by atoms with E-state index < -0.39 is 96.7 Å². The van der Waals surface area contributed by atoms with E-state index in [4.69, 9.17) is 10.2 Å². The molecule has 0 aromatic rings. The molecular weight excluding hydrogens is 663 g/mol. The van der Waals surface area contributed by atoms with E-state index in [-0.39, 0.29) is 0 Å². The Bertz CT molecular complexity index is 903. The minimum absolute atomic E-state index is 1.60. The van der Waals surface area contributed by atoms with Crippen molar-refractivity contribution in [2.24, 2.45) is 0 Å². The van der Waals surface area contributed by atoms with Crippen molar-refractivity contribution in [2.45, 2.75) is 65.5 Å². The zero-order chi connectivity index (χ0) is 33.9. The number of aliphatic hydroxyl groups excluding tert-OH is 2. The summed E-state index contributed by atoms with van der Waals surface area (Å²) in [6.07, 6.45) is -8.12. The number of nitrogens with zero attached hydrogens (tertiary/aromatic N) is 1. The maximum absolute atomic E-state index is 13.9. The zero-order valence-corrected chi connectivity index (χ0v) is 18.4. The molecule has 0 aliphatic heterocycles. The van der Waals surface area contributed by atoms with Crippen molar-refractivity contribution in [3.05, 3.63) is 0 Å². The van der Waals surface area contributed by atoms with Crippen molar-refractivity contribution in [1.82, 2.24) is 4.90 Å².